The summed E-state index contributed by atoms with van der Waals surface area (Å²) in [5.74, 6) is -1.69. The SMILES string of the molecule is CCCC[C@H](NC(=O)O[C@H](Cn1cnc(-c2cc(C(F)(F)F)cc(C(F)(F)F)c2)c1)C(C)(C)C)C(=O)C(=O)Nc1ccn[nH]1. The van der Waals surface area contributed by atoms with Gasteiger partial charge in [-0.2, -0.15) is 31.4 Å². The van der Waals surface area contributed by atoms with Crippen molar-refractivity contribution in [1.29, 1.82) is 0 Å². The number of aromatic nitrogens is 4. The minimum absolute atomic E-state index is 0.0298. The van der Waals surface area contributed by atoms with E-state index < -0.39 is 64.4 Å². The fourth-order valence-corrected chi connectivity index (χ4v) is 4.04. The van der Waals surface area contributed by atoms with Crippen molar-refractivity contribution in [3.8, 4) is 11.3 Å². The van der Waals surface area contributed by atoms with Crippen molar-refractivity contribution in [2.45, 2.75) is 78.0 Å². The van der Waals surface area contributed by atoms with Gasteiger partial charge in [-0.25, -0.2) is 9.78 Å². The zero-order valence-electron chi connectivity index (χ0n) is 24.3. The van der Waals surface area contributed by atoms with E-state index in [0.29, 0.717) is 25.0 Å². The third-order valence-electron chi connectivity index (χ3n) is 6.54. The number of hydrogen-bond donors (Lipinski definition) is 3. The van der Waals surface area contributed by atoms with Gasteiger partial charge >= 0.3 is 18.4 Å². The summed E-state index contributed by atoms with van der Waals surface area (Å²) >= 11 is 0. The summed E-state index contributed by atoms with van der Waals surface area (Å²) < 4.78 is 86.9. The van der Waals surface area contributed by atoms with Crippen LogP contribution in [0.5, 0.6) is 0 Å². The molecule has 0 bridgehead atoms. The van der Waals surface area contributed by atoms with Crippen LogP contribution in [0.4, 0.5) is 37.0 Å². The Morgan fingerprint density at radius 3 is 2.18 bits per heavy atom. The number of imidazole rings is 1. The van der Waals surface area contributed by atoms with E-state index in [9.17, 15) is 40.7 Å². The number of amides is 2. The van der Waals surface area contributed by atoms with Gasteiger partial charge in [0, 0.05) is 23.2 Å². The Morgan fingerprint density at radius 2 is 1.66 bits per heavy atom. The Hall–Kier alpha value is -4.37. The first-order valence-corrected chi connectivity index (χ1v) is 13.5. The Kier molecular flexibility index (Phi) is 10.5. The molecule has 0 spiro atoms. The van der Waals surface area contributed by atoms with Gasteiger partial charge < -0.3 is 19.9 Å². The fraction of sp³-hybridized carbons (Fsp3) is 0.464. The average molecular weight is 631 g/mol. The number of H-pyrrole nitrogens is 1. The van der Waals surface area contributed by atoms with Crippen LogP contribution in [0.3, 0.4) is 0 Å². The zero-order chi connectivity index (χ0) is 32.9. The molecule has 0 aliphatic heterocycles. The molecule has 2 amide bonds. The number of Topliss-reactive ketones (excluding diaryl/α,β-unsaturated/α-hetero) is 1. The highest BCUT2D eigenvalue weighted by molar-refractivity contribution is 6.42. The van der Waals surface area contributed by atoms with Crippen LogP contribution in [0.2, 0.25) is 0 Å². The summed E-state index contributed by atoms with van der Waals surface area (Å²) in [7, 11) is 0. The molecule has 3 rings (SSSR count). The molecule has 44 heavy (non-hydrogen) atoms. The summed E-state index contributed by atoms with van der Waals surface area (Å²) in [5, 5.41) is 11.0. The van der Waals surface area contributed by atoms with Crippen LogP contribution in [0.1, 0.15) is 58.1 Å². The number of alkyl carbamates (subject to hydrolysis) is 1. The number of rotatable bonds is 11. The number of ether oxygens (including phenoxy) is 1. The smallest absolute Gasteiger partial charge is 0.416 e. The number of aromatic amines is 1. The summed E-state index contributed by atoms with van der Waals surface area (Å²) in [6, 6.07) is 1.41. The lowest BCUT2D eigenvalue weighted by Crippen LogP contribution is -2.48. The number of carbonyl (C=O) groups excluding carboxylic acids is 3. The molecule has 1 aromatic carbocycles. The molecule has 0 fully saturated rings. The number of halogens is 6. The van der Waals surface area contributed by atoms with Crippen LogP contribution in [0.25, 0.3) is 11.3 Å². The van der Waals surface area contributed by atoms with Gasteiger partial charge in [0.2, 0.25) is 5.78 Å². The predicted octanol–water partition coefficient (Wildman–Crippen LogP) is 6.22. The Balaban J connectivity index is 1.78. The number of alkyl halides is 6. The molecule has 0 radical (unpaired) electrons. The number of unbranched alkanes of at least 4 members (excludes halogenated alkanes) is 1. The first-order valence-electron chi connectivity index (χ1n) is 13.5. The second-order valence-electron chi connectivity index (χ2n) is 11.1. The Labute approximate surface area is 248 Å². The highest BCUT2D eigenvalue weighted by atomic mass is 19.4. The third kappa shape index (κ3) is 9.31. The van der Waals surface area contributed by atoms with E-state index in [1.165, 1.54) is 29.4 Å². The van der Waals surface area contributed by atoms with Crippen LogP contribution in [0, 0.1) is 5.41 Å². The molecule has 0 unspecified atom stereocenters. The molecule has 2 heterocycles. The number of nitrogens with one attached hydrogen (secondary N) is 3. The summed E-state index contributed by atoms with van der Waals surface area (Å²) in [4.78, 5) is 42.2. The highest BCUT2D eigenvalue weighted by Gasteiger charge is 2.37. The van der Waals surface area contributed by atoms with E-state index in [1.807, 2.05) is 6.92 Å². The summed E-state index contributed by atoms with van der Waals surface area (Å²) in [6.07, 6.45) is -6.80. The first kappa shape index (κ1) is 34.1. The maximum absolute atomic E-state index is 13.3. The van der Waals surface area contributed by atoms with Crippen LogP contribution in [0.15, 0.2) is 43.0 Å². The fourth-order valence-electron chi connectivity index (χ4n) is 4.04. The Bertz CT molecular complexity index is 1410. The van der Waals surface area contributed by atoms with Crippen molar-refractivity contribution < 1.29 is 45.5 Å². The van der Waals surface area contributed by atoms with E-state index in [1.54, 1.807) is 20.8 Å². The molecule has 3 aromatic rings. The van der Waals surface area contributed by atoms with Crippen LogP contribution < -0.4 is 10.6 Å². The number of nitrogens with zero attached hydrogens (tertiary/aromatic N) is 3. The van der Waals surface area contributed by atoms with Crippen LogP contribution >= 0.6 is 0 Å². The summed E-state index contributed by atoms with van der Waals surface area (Å²) in [5.41, 5.74) is -4.23. The molecule has 16 heteroatoms. The largest absolute Gasteiger partial charge is 0.444 e. The zero-order valence-corrected chi connectivity index (χ0v) is 24.3. The lowest BCUT2D eigenvalue weighted by Gasteiger charge is -2.31. The molecule has 0 saturated carbocycles. The van der Waals surface area contributed by atoms with E-state index in [2.05, 4.69) is 25.8 Å². The maximum atomic E-state index is 13.3. The van der Waals surface area contributed by atoms with Gasteiger partial charge in [-0.3, -0.25) is 14.7 Å². The van der Waals surface area contributed by atoms with E-state index in [0.717, 1.165) is 0 Å². The molecule has 2 atom stereocenters. The van der Waals surface area contributed by atoms with Crippen molar-refractivity contribution in [3.63, 3.8) is 0 Å². The quantitative estimate of drug-likeness (QED) is 0.170. The normalized spacial score (nSPS) is 13.7. The van der Waals surface area contributed by atoms with Gasteiger partial charge in [0.1, 0.15) is 18.0 Å². The minimum atomic E-state index is -5.02. The molecular weight excluding hydrogens is 598 g/mol. The first-order chi connectivity index (χ1) is 20.4. The molecule has 10 nitrogen and oxygen atoms in total. The molecular formula is C28H32F6N6O4. The van der Waals surface area contributed by atoms with Crippen molar-refractivity contribution in [3.05, 3.63) is 54.1 Å². The van der Waals surface area contributed by atoms with Gasteiger partial charge in [0.15, 0.2) is 0 Å². The molecule has 2 aromatic heterocycles. The average Bonchev–Trinajstić information content (AvgIpc) is 3.61. The van der Waals surface area contributed by atoms with E-state index in [4.69, 9.17) is 4.74 Å². The lowest BCUT2D eigenvalue weighted by molar-refractivity contribution is -0.143. The molecule has 0 aliphatic carbocycles. The molecule has 0 aliphatic rings. The lowest BCUT2D eigenvalue weighted by atomic mass is 9.89. The van der Waals surface area contributed by atoms with Gasteiger partial charge in [-0.15, -0.1) is 0 Å². The van der Waals surface area contributed by atoms with Gasteiger partial charge in [-0.05, 0) is 24.6 Å². The van der Waals surface area contributed by atoms with Crippen molar-refractivity contribution in [2.24, 2.45) is 5.41 Å². The van der Waals surface area contributed by atoms with Crippen molar-refractivity contribution in [2.75, 3.05) is 5.32 Å². The second kappa shape index (κ2) is 13.5. The molecule has 0 saturated heterocycles. The number of ketones is 1. The molecule has 3 N–H and O–H groups in total. The van der Waals surface area contributed by atoms with Crippen molar-refractivity contribution in [1.82, 2.24) is 25.1 Å². The number of carbonyl (C=O) groups is 3. The highest BCUT2D eigenvalue weighted by Crippen LogP contribution is 2.38. The minimum Gasteiger partial charge on any atom is -0.444 e. The number of benzene rings is 1. The van der Waals surface area contributed by atoms with E-state index >= 15 is 0 Å². The maximum Gasteiger partial charge on any atom is 0.416 e. The van der Waals surface area contributed by atoms with Crippen molar-refractivity contribution >= 4 is 23.6 Å². The monoisotopic (exact) mass is 630 g/mol. The topological polar surface area (TPSA) is 131 Å². The Morgan fingerprint density at radius 1 is 1.02 bits per heavy atom. The van der Waals surface area contributed by atoms with Crippen LogP contribution in [-0.4, -0.2) is 49.7 Å². The summed E-state index contributed by atoms with van der Waals surface area (Å²) in [6.45, 7) is 7.00. The third-order valence-corrected chi connectivity index (χ3v) is 6.54. The predicted molar refractivity (Wildman–Crippen MR) is 146 cm³/mol. The standard InChI is InChI=1S/C28H32F6N6O4/c1-5-6-7-19(23(41)24(42)38-22-8-9-36-39-22)37-25(43)44-21(26(2,3)4)14-40-13-20(35-15-40)16-10-17(27(29,30)31)12-18(11-16)28(32,33)34/h8-13,15,19,21H,5-7,14H2,1-4H3,(H,37,43)(H2,36,38,39,42)/t19-,21+/m0/s1. The van der Waals surface area contributed by atoms with E-state index in [-0.39, 0.29) is 30.5 Å². The number of anilines is 1. The second-order valence-corrected chi connectivity index (χ2v) is 11.1. The molecule has 240 valence electrons. The van der Waals surface area contributed by atoms with Crippen LogP contribution in [-0.2, 0) is 33.2 Å². The van der Waals surface area contributed by atoms with Gasteiger partial charge in [0.25, 0.3) is 5.91 Å². The van der Waals surface area contributed by atoms with Gasteiger partial charge in [0.05, 0.1) is 35.9 Å². The van der Waals surface area contributed by atoms with Gasteiger partial charge in [-0.1, -0.05) is 40.5 Å². The number of hydrogen-bond acceptors (Lipinski definition) is 6.